The van der Waals surface area contributed by atoms with Crippen molar-refractivity contribution in [2.24, 2.45) is 0 Å². The number of thiophene rings is 1. The molecular weight excluding hydrogens is 264 g/mol. The molecule has 0 spiro atoms. The molecule has 3 aromatic rings. The van der Waals surface area contributed by atoms with Crippen molar-refractivity contribution in [3.05, 3.63) is 70.1 Å². The van der Waals surface area contributed by atoms with E-state index < -0.39 is 6.10 Å². The van der Waals surface area contributed by atoms with Crippen LogP contribution < -0.4 is 0 Å². The second-order valence-corrected chi connectivity index (χ2v) is 6.18. The first-order valence-electron chi connectivity index (χ1n) is 6.86. The summed E-state index contributed by atoms with van der Waals surface area (Å²) in [7, 11) is 0. The van der Waals surface area contributed by atoms with E-state index in [1.807, 2.05) is 12.1 Å². The zero-order chi connectivity index (χ0) is 14.1. The summed E-state index contributed by atoms with van der Waals surface area (Å²) in [6.07, 6.45) is 0.238. The monoisotopic (exact) mass is 282 g/mol. The Balaban J connectivity index is 1.92. The first-order valence-corrected chi connectivity index (χ1v) is 7.74. The maximum atomic E-state index is 10.6. The van der Waals surface area contributed by atoms with E-state index in [0.717, 1.165) is 5.56 Å². The van der Waals surface area contributed by atoms with Crippen LogP contribution in [0.4, 0.5) is 0 Å². The average molecular weight is 282 g/mol. The zero-order valence-corrected chi connectivity index (χ0v) is 12.6. The Hall–Kier alpha value is -1.64. The van der Waals surface area contributed by atoms with E-state index in [0.29, 0.717) is 6.42 Å². The molecule has 0 amide bonds. The lowest BCUT2D eigenvalue weighted by molar-refractivity contribution is 0.178. The van der Waals surface area contributed by atoms with Crippen molar-refractivity contribution in [3.8, 4) is 0 Å². The summed E-state index contributed by atoms with van der Waals surface area (Å²) in [4.78, 5) is 0. The molecule has 1 unspecified atom stereocenters. The molecule has 0 bridgehead atoms. The van der Waals surface area contributed by atoms with Crippen LogP contribution >= 0.6 is 11.3 Å². The fourth-order valence-corrected chi connectivity index (χ4v) is 3.62. The van der Waals surface area contributed by atoms with Crippen molar-refractivity contribution in [2.75, 3.05) is 0 Å². The highest BCUT2D eigenvalue weighted by molar-refractivity contribution is 7.17. The van der Waals surface area contributed by atoms with Crippen LogP contribution in [-0.2, 0) is 6.42 Å². The van der Waals surface area contributed by atoms with Gasteiger partial charge in [-0.2, -0.15) is 0 Å². The van der Waals surface area contributed by atoms with Gasteiger partial charge in [-0.1, -0.05) is 36.4 Å². The molecule has 2 aromatic carbocycles. The van der Waals surface area contributed by atoms with Crippen LogP contribution in [0.15, 0.2) is 47.8 Å². The third kappa shape index (κ3) is 2.37. The predicted molar refractivity (Wildman–Crippen MR) is 86.4 cm³/mol. The normalized spacial score (nSPS) is 12.8. The molecule has 1 aromatic heterocycles. The molecule has 102 valence electrons. The van der Waals surface area contributed by atoms with Crippen molar-refractivity contribution in [2.45, 2.75) is 26.4 Å². The summed E-state index contributed by atoms with van der Waals surface area (Å²) < 4.78 is 1.29. The number of fused-ring (bicyclic) bond motifs is 1. The molecule has 1 nitrogen and oxygen atoms in total. The molecule has 0 aliphatic heterocycles. The fraction of sp³-hybridized carbons (Fsp3) is 0.222. The SMILES string of the molecule is Cc1cccc(C(O)Cc2csc3ccccc23)c1C. The Kier molecular flexibility index (Phi) is 3.60. The van der Waals surface area contributed by atoms with Gasteiger partial charge in [-0.15, -0.1) is 11.3 Å². The molecule has 20 heavy (non-hydrogen) atoms. The van der Waals surface area contributed by atoms with E-state index >= 15 is 0 Å². The van der Waals surface area contributed by atoms with Gasteiger partial charge in [-0.3, -0.25) is 0 Å². The summed E-state index contributed by atoms with van der Waals surface area (Å²) in [6.45, 7) is 4.17. The molecule has 0 aliphatic rings. The minimum absolute atomic E-state index is 0.437. The summed E-state index contributed by atoms with van der Waals surface area (Å²) in [5.41, 5.74) is 4.70. The van der Waals surface area contributed by atoms with Crippen LogP contribution in [0.5, 0.6) is 0 Å². The molecule has 2 heteroatoms. The number of aliphatic hydroxyl groups is 1. The maximum absolute atomic E-state index is 10.6. The topological polar surface area (TPSA) is 20.2 Å². The predicted octanol–water partition coefficient (Wildman–Crippen LogP) is 4.79. The van der Waals surface area contributed by atoms with Gasteiger partial charge in [0, 0.05) is 11.1 Å². The molecule has 1 N–H and O–H groups in total. The smallest absolute Gasteiger partial charge is 0.0833 e. The van der Waals surface area contributed by atoms with Gasteiger partial charge in [0.2, 0.25) is 0 Å². The third-order valence-corrected chi connectivity index (χ3v) is 4.99. The Morgan fingerprint density at radius 2 is 1.85 bits per heavy atom. The van der Waals surface area contributed by atoms with Crippen molar-refractivity contribution < 1.29 is 5.11 Å². The van der Waals surface area contributed by atoms with Crippen molar-refractivity contribution in [3.63, 3.8) is 0 Å². The van der Waals surface area contributed by atoms with Crippen LogP contribution in [0.2, 0.25) is 0 Å². The van der Waals surface area contributed by atoms with Gasteiger partial charge in [0.1, 0.15) is 0 Å². The molecule has 1 heterocycles. The zero-order valence-electron chi connectivity index (χ0n) is 11.8. The number of aryl methyl sites for hydroxylation is 1. The number of hydrogen-bond donors (Lipinski definition) is 1. The number of aliphatic hydroxyl groups excluding tert-OH is 1. The number of rotatable bonds is 3. The van der Waals surface area contributed by atoms with Gasteiger partial charge < -0.3 is 5.11 Å². The van der Waals surface area contributed by atoms with Gasteiger partial charge in [0.05, 0.1) is 6.10 Å². The van der Waals surface area contributed by atoms with Crippen LogP contribution in [0.3, 0.4) is 0 Å². The molecule has 0 aliphatic carbocycles. The highest BCUT2D eigenvalue weighted by Crippen LogP contribution is 2.30. The Morgan fingerprint density at radius 3 is 2.70 bits per heavy atom. The first-order chi connectivity index (χ1) is 9.66. The lowest BCUT2D eigenvalue weighted by atomic mass is 9.95. The second-order valence-electron chi connectivity index (χ2n) is 5.27. The molecule has 1 atom stereocenters. The number of hydrogen-bond acceptors (Lipinski definition) is 2. The van der Waals surface area contributed by atoms with E-state index in [1.165, 1.54) is 26.8 Å². The molecule has 0 fully saturated rings. The largest absolute Gasteiger partial charge is 0.388 e. The van der Waals surface area contributed by atoms with Crippen molar-refractivity contribution in [1.29, 1.82) is 0 Å². The fourth-order valence-electron chi connectivity index (χ4n) is 2.64. The summed E-state index contributed by atoms with van der Waals surface area (Å²) in [5, 5.41) is 14.0. The van der Waals surface area contributed by atoms with E-state index in [1.54, 1.807) is 11.3 Å². The maximum Gasteiger partial charge on any atom is 0.0833 e. The molecule has 0 saturated heterocycles. The quantitative estimate of drug-likeness (QED) is 0.732. The van der Waals surface area contributed by atoms with Crippen LogP contribution in [0, 0.1) is 13.8 Å². The van der Waals surface area contributed by atoms with Gasteiger partial charge in [0.15, 0.2) is 0 Å². The summed E-state index contributed by atoms with van der Waals surface area (Å²) in [6, 6.07) is 14.5. The molecule has 0 saturated carbocycles. The first kappa shape index (κ1) is 13.3. The van der Waals surface area contributed by atoms with Crippen molar-refractivity contribution >= 4 is 21.4 Å². The van der Waals surface area contributed by atoms with Gasteiger partial charge in [-0.05, 0) is 52.9 Å². The van der Waals surface area contributed by atoms with Crippen molar-refractivity contribution in [1.82, 2.24) is 0 Å². The second kappa shape index (κ2) is 5.39. The van der Waals surface area contributed by atoms with Crippen LogP contribution in [-0.4, -0.2) is 5.11 Å². The Bertz CT molecular complexity index is 742. The van der Waals surface area contributed by atoms with E-state index in [4.69, 9.17) is 0 Å². The number of benzene rings is 2. The lowest BCUT2D eigenvalue weighted by Gasteiger charge is -2.15. The summed E-state index contributed by atoms with van der Waals surface area (Å²) >= 11 is 1.75. The lowest BCUT2D eigenvalue weighted by Crippen LogP contribution is -2.04. The van der Waals surface area contributed by atoms with Gasteiger partial charge >= 0.3 is 0 Å². The van der Waals surface area contributed by atoms with Gasteiger partial charge in [-0.25, -0.2) is 0 Å². The van der Waals surface area contributed by atoms with Gasteiger partial charge in [0.25, 0.3) is 0 Å². The van der Waals surface area contributed by atoms with E-state index in [-0.39, 0.29) is 0 Å². The third-order valence-electron chi connectivity index (χ3n) is 3.98. The highest BCUT2D eigenvalue weighted by atomic mass is 32.1. The minimum atomic E-state index is -0.437. The standard InChI is InChI=1S/C18H18OS/c1-12-6-5-8-15(13(12)2)17(19)10-14-11-20-18-9-4-3-7-16(14)18/h3-9,11,17,19H,10H2,1-2H3. The molecule has 0 radical (unpaired) electrons. The minimum Gasteiger partial charge on any atom is -0.388 e. The Labute approximate surface area is 123 Å². The Morgan fingerprint density at radius 1 is 1.05 bits per heavy atom. The molecular formula is C18H18OS. The van der Waals surface area contributed by atoms with E-state index in [9.17, 15) is 5.11 Å². The summed E-state index contributed by atoms with van der Waals surface area (Å²) in [5.74, 6) is 0. The molecule has 3 rings (SSSR count). The highest BCUT2D eigenvalue weighted by Gasteiger charge is 2.14. The van der Waals surface area contributed by atoms with Crippen LogP contribution in [0.1, 0.15) is 28.4 Å². The van der Waals surface area contributed by atoms with E-state index in [2.05, 4.69) is 49.6 Å². The average Bonchev–Trinajstić information content (AvgIpc) is 2.85. The van der Waals surface area contributed by atoms with Crippen LogP contribution in [0.25, 0.3) is 10.1 Å².